The quantitative estimate of drug-likeness (QED) is 0.663. The summed E-state index contributed by atoms with van der Waals surface area (Å²) in [5.74, 6) is -0.784. The maximum absolute atomic E-state index is 13.2. The molecule has 1 heterocycles. The first-order chi connectivity index (χ1) is 14.4. The standard InChI is InChI=1S/C18H16F6N2O4S/c19-17(20,21)12-4-5-16(26-6-8-29-9-7-26)15(10-12)25-31(27,28)14-3-1-2-13(11-14)30-18(22,23)24/h1-5,10-11,25H,6-9H2. The highest BCUT2D eigenvalue weighted by atomic mass is 32.2. The Balaban J connectivity index is 1.98. The van der Waals surface area contributed by atoms with Gasteiger partial charge in [-0.3, -0.25) is 4.72 Å². The average molecular weight is 470 g/mol. The minimum Gasteiger partial charge on any atom is -0.406 e. The van der Waals surface area contributed by atoms with Gasteiger partial charge < -0.3 is 14.4 Å². The number of nitrogens with zero attached hydrogens (tertiary/aromatic N) is 1. The zero-order valence-corrected chi connectivity index (χ0v) is 16.4. The molecule has 3 rings (SSSR count). The van der Waals surface area contributed by atoms with Gasteiger partial charge in [0.25, 0.3) is 10.0 Å². The summed E-state index contributed by atoms with van der Waals surface area (Å²) < 4.78 is 113. The monoisotopic (exact) mass is 470 g/mol. The number of hydrogen-bond donors (Lipinski definition) is 1. The largest absolute Gasteiger partial charge is 0.573 e. The molecule has 2 aromatic rings. The fraction of sp³-hybridized carbons (Fsp3) is 0.333. The predicted molar refractivity (Wildman–Crippen MR) is 98.4 cm³/mol. The van der Waals surface area contributed by atoms with Crippen LogP contribution in [0, 0.1) is 0 Å². The van der Waals surface area contributed by atoms with Gasteiger partial charge in [0, 0.05) is 19.2 Å². The van der Waals surface area contributed by atoms with E-state index in [-0.39, 0.29) is 11.4 Å². The number of anilines is 2. The molecule has 0 aliphatic carbocycles. The first kappa shape index (κ1) is 23.0. The first-order valence-corrected chi connectivity index (χ1v) is 10.3. The van der Waals surface area contributed by atoms with Gasteiger partial charge in [-0.25, -0.2) is 8.42 Å². The molecule has 1 fully saturated rings. The van der Waals surface area contributed by atoms with Crippen LogP contribution in [0.15, 0.2) is 47.4 Å². The first-order valence-electron chi connectivity index (χ1n) is 8.78. The van der Waals surface area contributed by atoms with Gasteiger partial charge in [0.1, 0.15) is 5.75 Å². The normalized spacial score (nSPS) is 15.6. The lowest BCUT2D eigenvalue weighted by atomic mass is 10.1. The van der Waals surface area contributed by atoms with Gasteiger partial charge in [0.2, 0.25) is 0 Å². The van der Waals surface area contributed by atoms with Crippen LogP contribution in [0.3, 0.4) is 0 Å². The maximum Gasteiger partial charge on any atom is 0.573 e. The zero-order chi connectivity index (χ0) is 22.9. The van der Waals surface area contributed by atoms with Crippen molar-refractivity contribution in [2.24, 2.45) is 0 Å². The van der Waals surface area contributed by atoms with Crippen LogP contribution in [0.4, 0.5) is 37.7 Å². The van der Waals surface area contributed by atoms with Crippen LogP contribution in [0.2, 0.25) is 0 Å². The van der Waals surface area contributed by atoms with E-state index in [1.807, 2.05) is 0 Å². The van der Waals surface area contributed by atoms with Gasteiger partial charge in [-0.1, -0.05) is 6.07 Å². The molecule has 1 aliphatic heterocycles. The van der Waals surface area contributed by atoms with Gasteiger partial charge in [-0.15, -0.1) is 13.2 Å². The molecule has 13 heteroatoms. The van der Waals surface area contributed by atoms with Crippen molar-refractivity contribution in [1.29, 1.82) is 0 Å². The Labute approximate surface area is 173 Å². The third-order valence-electron chi connectivity index (χ3n) is 4.27. The lowest BCUT2D eigenvalue weighted by Crippen LogP contribution is -2.36. The topological polar surface area (TPSA) is 67.9 Å². The van der Waals surface area contributed by atoms with Crippen LogP contribution in [0.1, 0.15) is 5.56 Å². The number of alkyl halides is 6. The van der Waals surface area contributed by atoms with Crippen molar-refractivity contribution in [2.75, 3.05) is 35.9 Å². The second-order valence-corrected chi connectivity index (χ2v) is 8.14. The van der Waals surface area contributed by atoms with E-state index < -0.39 is 38.8 Å². The Morgan fingerprint density at radius 3 is 2.26 bits per heavy atom. The highest BCUT2D eigenvalue weighted by Crippen LogP contribution is 2.37. The number of nitrogens with one attached hydrogen (secondary N) is 1. The van der Waals surface area contributed by atoms with Gasteiger partial charge in [-0.2, -0.15) is 13.2 Å². The maximum atomic E-state index is 13.2. The van der Waals surface area contributed by atoms with Crippen molar-refractivity contribution in [3.8, 4) is 5.75 Å². The number of rotatable bonds is 5. The molecule has 170 valence electrons. The molecule has 6 nitrogen and oxygen atoms in total. The van der Waals surface area contributed by atoms with E-state index in [0.717, 1.165) is 30.3 Å². The second kappa shape index (κ2) is 8.46. The molecular formula is C18H16F6N2O4S. The van der Waals surface area contributed by atoms with E-state index in [4.69, 9.17) is 4.74 Å². The molecule has 1 saturated heterocycles. The summed E-state index contributed by atoms with van der Waals surface area (Å²) in [6.07, 6.45) is -9.77. The minimum absolute atomic E-state index is 0.183. The summed E-state index contributed by atoms with van der Waals surface area (Å²) in [5, 5.41) is 0. The predicted octanol–water partition coefficient (Wildman–Crippen LogP) is 4.24. The van der Waals surface area contributed by atoms with E-state index >= 15 is 0 Å². The van der Waals surface area contributed by atoms with E-state index in [9.17, 15) is 34.8 Å². The molecule has 0 atom stereocenters. The molecule has 1 aliphatic rings. The third kappa shape index (κ3) is 5.94. The van der Waals surface area contributed by atoms with Crippen molar-refractivity contribution in [3.63, 3.8) is 0 Å². The van der Waals surface area contributed by atoms with Crippen LogP contribution in [0.5, 0.6) is 5.75 Å². The zero-order valence-electron chi connectivity index (χ0n) is 15.6. The van der Waals surface area contributed by atoms with E-state index in [1.165, 1.54) is 0 Å². The molecule has 0 spiro atoms. The number of benzene rings is 2. The SMILES string of the molecule is O=S(=O)(Nc1cc(C(F)(F)F)ccc1N1CCOCC1)c1cccc(OC(F)(F)F)c1. The summed E-state index contributed by atoms with van der Waals surface area (Å²) in [4.78, 5) is 1.03. The molecule has 31 heavy (non-hydrogen) atoms. The van der Waals surface area contributed by atoms with Crippen LogP contribution in [-0.4, -0.2) is 41.1 Å². The lowest BCUT2D eigenvalue weighted by Gasteiger charge is -2.31. The minimum atomic E-state index is -5.04. The molecule has 0 saturated carbocycles. The molecule has 0 amide bonds. The number of ether oxygens (including phenoxy) is 2. The van der Waals surface area contributed by atoms with Gasteiger partial charge in [0.05, 0.1) is 35.0 Å². The third-order valence-corrected chi connectivity index (χ3v) is 5.63. The van der Waals surface area contributed by atoms with E-state index in [1.54, 1.807) is 4.90 Å². The average Bonchev–Trinajstić information content (AvgIpc) is 2.66. The highest BCUT2D eigenvalue weighted by Gasteiger charge is 2.33. The molecular weight excluding hydrogens is 454 g/mol. The van der Waals surface area contributed by atoms with Crippen molar-refractivity contribution in [3.05, 3.63) is 48.0 Å². The van der Waals surface area contributed by atoms with Crippen LogP contribution >= 0.6 is 0 Å². The summed E-state index contributed by atoms with van der Waals surface area (Å²) in [6.45, 7) is 1.22. The number of hydrogen-bond acceptors (Lipinski definition) is 5. The Kier molecular flexibility index (Phi) is 6.28. The number of morpholine rings is 1. The van der Waals surface area contributed by atoms with E-state index in [0.29, 0.717) is 38.4 Å². The van der Waals surface area contributed by atoms with Crippen molar-refractivity contribution < 1.29 is 44.2 Å². The van der Waals surface area contributed by atoms with Crippen molar-refractivity contribution in [1.82, 2.24) is 0 Å². The van der Waals surface area contributed by atoms with Gasteiger partial charge >= 0.3 is 12.5 Å². The molecule has 0 aromatic heterocycles. The van der Waals surface area contributed by atoms with Crippen molar-refractivity contribution >= 4 is 21.4 Å². The summed E-state index contributed by atoms with van der Waals surface area (Å²) in [6, 6.07) is 6.13. The van der Waals surface area contributed by atoms with E-state index in [2.05, 4.69) is 9.46 Å². The fourth-order valence-corrected chi connectivity index (χ4v) is 4.02. The van der Waals surface area contributed by atoms with Crippen LogP contribution in [0.25, 0.3) is 0 Å². The van der Waals surface area contributed by atoms with Gasteiger partial charge in [0.15, 0.2) is 0 Å². The van der Waals surface area contributed by atoms with Crippen LogP contribution < -0.4 is 14.4 Å². The molecule has 0 bridgehead atoms. The molecule has 1 N–H and O–H groups in total. The summed E-state index contributed by atoms with van der Waals surface area (Å²) in [7, 11) is -4.54. The highest BCUT2D eigenvalue weighted by molar-refractivity contribution is 7.92. The second-order valence-electron chi connectivity index (χ2n) is 6.46. The number of halogens is 6. The molecule has 0 unspecified atom stereocenters. The smallest absolute Gasteiger partial charge is 0.406 e. The Morgan fingerprint density at radius 2 is 1.65 bits per heavy atom. The fourth-order valence-electron chi connectivity index (χ4n) is 2.92. The lowest BCUT2D eigenvalue weighted by molar-refractivity contribution is -0.274. The summed E-state index contributed by atoms with van der Waals surface area (Å²) >= 11 is 0. The Morgan fingerprint density at radius 1 is 0.968 bits per heavy atom. The Bertz CT molecular complexity index is 1030. The van der Waals surface area contributed by atoms with Crippen LogP contribution in [-0.2, 0) is 20.9 Å². The summed E-state index contributed by atoms with van der Waals surface area (Å²) in [5.41, 5.74) is -1.27. The molecule has 2 aromatic carbocycles. The molecule has 0 radical (unpaired) electrons. The van der Waals surface area contributed by atoms with Gasteiger partial charge in [-0.05, 0) is 30.3 Å². The Hall–Kier alpha value is -2.67. The van der Waals surface area contributed by atoms with Crippen molar-refractivity contribution in [2.45, 2.75) is 17.4 Å². The number of sulfonamides is 1.